The molecule has 1 N–H and O–H groups in total. The Hall–Kier alpha value is -1.36. The van der Waals surface area contributed by atoms with Gasteiger partial charge in [0.25, 0.3) is 5.91 Å². The number of carbonyl (C=O) groups is 1. The Labute approximate surface area is 115 Å². The molecule has 2 rings (SSSR count). The van der Waals surface area contributed by atoms with Gasteiger partial charge in [0, 0.05) is 32.4 Å². The van der Waals surface area contributed by atoms with Gasteiger partial charge >= 0.3 is 0 Å². The van der Waals surface area contributed by atoms with Crippen molar-refractivity contribution in [3.05, 3.63) is 17.5 Å². The molecular weight excluding hydrogens is 240 g/mol. The van der Waals surface area contributed by atoms with Crippen molar-refractivity contribution in [3.63, 3.8) is 0 Å². The normalized spacial score (nSPS) is 16.9. The van der Waals surface area contributed by atoms with Crippen LogP contribution in [0, 0.1) is 0 Å². The Morgan fingerprint density at radius 3 is 2.68 bits per heavy atom. The van der Waals surface area contributed by atoms with E-state index in [4.69, 9.17) is 0 Å². The Balaban J connectivity index is 2.01. The van der Waals surface area contributed by atoms with Gasteiger partial charge in [-0.15, -0.1) is 0 Å². The van der Waals surface area contributed by atoms with Crippen LogP contribution >= 0.6 is 0 Å². The van der Waals surface area contributed by atoms with Crippen LogP contribution in [0.15, 0.2) is 6.20 Å². The van der Waals surface area contributed by atoms with E-state index >= 15 is 0 Å². The summed E-state index contributed by atoms with van der Waals surface area (Å²) in [7, 11) is 1.87. The first-order chi connectivity index (χ1) is 9.15. The molecular formula is C14H24N4O. The molecule has 0 aliphatic carbocycles. The molecule has 5 nitrogen and oxygen atoms in total. The fraction of sp³-hybridized carbons (Fsp3) is 0.714. The molecule has 1 aromatic heterocycles. The molecule has 0 spiro atoms. The highest BCUT2D eigenvalue weighted by atomic mass is 16.2. The van der Waals surface area contributed by atoms with Crippen LogP contribution in [0.1, 0.15) is 42.7 Å². The average Bonchev–Trinajstić information content (AvgIpc) is 2.80. The van der Waals surface area contributed by atoms with Crippen molar-refractivity contribution < 1.29 is 4.79 Å². The van der Waals surface area contributed by atoms with Crippen LogP contribution in [0.2, 0.25) is 0 Å². The van der Waals surface area contributed by atoms with E-state index in [1.165, 1.54) is 0 Å². The number of likely N-dealkylation sites (tertiary alicyclic amines) is 1. The van der Waals surface area contributed by atoms with Crippen LogP contribution in [0.25, 0.3) is 0 Å². The molecule has 0 atom stereocenters. The van der Waals surface area contributed by atoms with Crippen molar-refractivity contribution >= 4 is 5.91 Å². The van der Waals surface area contributed by atoms with Crippen LogP contribution < -0.4 is 5.32 Å². The third kappa shape index (κ3) is 3.15. The van der Waals surface area contributed by atoms with E-state index in [1.807, 2.05) is 25.1 Å². The lowest BCUT2D eigenvalue weighted by molar-refractivity contribution is 0.0704. The molecule has 1 aliphatic rings. The highest BCUT2D eigenvalue weighted by Gasteiger charge is 2.25. The first-order valence-electron chi connectivity index (χ1n) is 7.20. The molecule has 5 heteroatoms. The predicted octanol–water partition coefficient (Wildman–Crippen LogP) is 1.20. The van der Waals surface area contributed by atoms with Gasteiger partial charge in [-0.05, 0) is 25.8 Å². The van der Waals surface area contributed by atoms with Gasteiger partial charge in [0.05, 0.1) is 11.3 Å². The predicted molar refractivity (Wildman–Crippen MR) is 75.2 cm³/mol. The molecule has 1 fully saturated rings. The fourth-order valence-electron chi connectivity index (χ4n) is 2.72. The van der Waals surface area contributed by atoms with Gasteiger partial charge in [-0.2, -0.15) is 5.10 Å². The number of nitrogens with one attached hydrogen (secondary N) is 1. The van der Waals surface area contributed by atoms with Crippen LogP contribution in [0.3, 0.4) is 0 Å². The molecule has 0 unspecified atom stereocenters. The van der Waals surface area contributed by atoms with E-state index < -0.39 is 0 Å². The quantitative estimate of drug-likeness (QED) is 0.889. The molecule has 19 heavy (non-hydrogen) atoms. The van der Waals surface area contributed by atoms with Gasteiger partial charge in [-0.25, -0.2) is 0 Å². The van der Waals surface area contributed by atoms with Gasteiger partial charge < -0.3 is 10.2 Å². The zero-order chi connectivity index (χ0) is 13.8. The van der Waals surface area contributed by atoms with Crippen LogP contribution in [0.4, 0.5) is 0 Å². The number of amides is 1. The van der Waals surface area contributed by atoms with Gasteiger partial charge in [-0.3, -0.25) is 9.48 Å². The van der Waals surface area contributed by atoms with E-state index in [9.17, 15) is 4.79 Å². The lowest BCUT2D eigenvalue weighted by Gasteiger charge is -2.32. The van der Waals surface area contributed by atoms with Crippen molar-refractivity contribution in [2.45, 2.75) is 39.2 Å². The molecule has 2 heterocycles. The van der Waals surface area contributed by atoms with E-state index in [2.05, 4.69) is 17.3 Å². The van der Waals surface area contributed by atoms with Crippen LogP contribution in [-0.2, 0) is 13.5 Å². The smallest absolute Gasteiger partial charge is 0.257 e. The first kappa shape index (κ1) is 14.1. The third-order valence-electron chi connectivity index (χ3n) is 3.75. The molecule has 106 valence electrons. The minimum absolute atomic E-state index is 0.139. The van der Waals surface area contributed by atoms with Crippen molar-refractivity contribution in [2.75, 3.05) is 19.6 Å². The standard InChI is InChI=1S/C14H24N4O/c1-4-13-12(10-17(3)16-13)14(19)18-8-6-11(7-9-18)15-5-2/h10-11,15H,4-9H2,1-3H3. The fourth-order valence-corrected chi connectivity index (χ4v) is 2.72. The number of nitrogens with zero attached hydrogens (tertiary/aromatic N) is 3. The molecule has 0 radical (unpaired) electrons. The molecule has 0 aromatic carbocycles. The molecule has 0 bridgehead atoms. The van der Waals surface area contributed by atoms with Gasteiger partial charge in [0.2, 0.25) is 0 Å². The summed E-state index contributed by atoms with van der Waals surface area (Å²) in [6.07, 6.45) is 4.73. The van der Waals surface area contributed by atoms with Crippen molar-refractivity contribution in [3.8, 4) is 0 Å². The highest BCUT2D eigenvalue weighted by Crippen LogP contribution is 2.16. The lowest BCUT2D eigenvalue weighted by Crippen LogP contribution is -2.45. The summed E-state index contributed by atoms with van der Waals surface area (Å²) in [5.74, 6) is 0.139. The van der Waals surface area contributed by atoms with Gasteiger partial charge in [-0.1, -0.05) is 13.8 Å². The van der Waals surface area contributed by atoms with Crippen molar-refractivity contribution in [1.82, 2.24) is 20.0 Å². The highest BCUT2D eigenvalue weighted by molar-refractivity contribution is 5.95. The topological polar surface area (TPSA) is 50.2 Å². The maximum absolute atomic E-state index is 12.5. The SMILES string of the molecule is CCNC1CCN(C(=O)c2cn(C)nc2CC)CC1. The summed E-state index contributed by atoms with van der Waals surface area (Å²) in [5, 5.41) is 7.80. The monoisotopic (exact) mass is 264 g/mol. The Kier molecular flexibility index (Phi) is 4.58. The summed E-state index contributed by atoms with van der Waals surface area (Å²) in [4.78, 5) is 14.5. The second kappa shape index (κ2) is 6.19. The molecule has 1 aromatic rings. The minimum Gasteiger partial charge on any atom is -0.338 e. The van der Waals surface area contributed by atoms with Crippen molar-refractivity contribution in [2.24, 2.45) is 7.05 Å². The number of carbonyl (C=O) groups excluding carboxylic acids is 1. The summed E-state index contributed by atoms with van der Waals surface area (Å²) >= 11 is 0. The second-order valence-electron chi connectivity index (χ2n) is 5.14. The average molecular weight is 264 g/mol. The molecule has 0 saturated carbocycles. The maximum atomic E-state index is 12.5. The first-order valence-corrected chi connectivity index (χ1v) is 7.20. The molecule has 1 saturated heterocycles. The number of aryl methyl sites for hydroxylation is 2. The molecule has 1 aliphatic heterocycles. The zero-order valence-electron chi connectivity index (χ0n) is 12.1. The van der Waals surface area contributed by atoms with E-state index in [0.717, 1.165) is 50.2 Å². The Morgan fingerprint density at radius 1 is 1.42 bits per heavy atom. The second-order valence-corrected chi connectivity index (χ2v) is 5.14. The largest absolute Gasteiger partial charge is 0.338 e. The third-order valence-corrected chi connectivity index (χ3v) is 3.75. The van der Waals surface area contributed by atoms with E-state index in [-0.39, 0.29) is 5.91 Å². The minimum atomic E-state index is 0.139. The van der Waals surface area contributed by atoms with Crippen molar-refractivity contribution in [1.29, 1.82) is 0 Å². The summed E-state index contributed by atoms with van der Waals surface area (Å²) in [5.41, 5.74) is 1.67. The molecule has 1 amide bonds. The number of hydrogen-bond acceptors (Lipinski definition) is 3. The number of piperidine rings is 1. The van der Waals surface area contributed by atoms with Crippen LogP contribution in [0.5, 0.6) is 0 Å². The lowest BCUT2D eigenvalue weighted by atomic mass is 10.0. The Morgan fingerprint density at radius 2 is 2.11 bits per heavy atom. The summed E-state index contributed by atoms with van der Waals surface area (Å²) in [6, 6.07) is 0.564. The number of rotatable bonds is 4. The van der Waals surface area contributed by atoms with Gasteiger partial charge in [0.15, 0.2) is 0 Å². The summed E-state index contributed by atoms with van der Waals surface area (Å²) < 4.78 is 1.73. The van der Waals surface area contributed by atoms with Crippen LogP contribution in [-0.4, -0.2) is 46.3 Å². The van der Waals surface area contributed by atoms with E-state index in [0.29, 0.717) is 6.04 Å². The zero-order valence-corrected chi connectivity index (χ0v) is 12.1. The van der Waals surface area contributed by atoms with Gasteiger partial charge in [0.1, 0.15) is 0 Å². The van der Waals surface area contributed by atoms with E-state index in [1.54, 1.807) is 4.68 Å². The Bertz CT molecular complexity index is 433. The maximum Gasteiger partial charge on any atom is 0.257 e. The summed E-state index contributed by atoms with van der Waals surface area (Å²) in [6.45, 7) is 6.85. The number of hydrogen-bond donors (Lipinski definition) is 1. The number of aromatic nitrogens is 2.